The molecule has 2 amide bonds. The number of nitrogens with one attached hydrogen (secondary N) is 1. The van der Waals surface area contributed by atoms with Crippen molar-refractivity contribution in [3.8, 4) is 5.75 Å². The van der Waals surface area contributed by atoms with E-state index in [9.17, 15) is 9.59 Å². The van der Waals surface area contributed by atoms with Crippen molar-refractivity contribution in [1.82, 2.24) is 10.2 Å². The third-order valence-corrected chi connectivity index (χ3v) is 5.72. The number of carbonyl (C=O) groups is 2. The molecule has 2 aromatic carbocycles. The van der Waals surface area contributed by atoms with Gasteiger partial charge in [0, 0.05) is 22.1 Å². The summed E-state index contributed by atoms with van der Waals surface area (Å²) < 4.78 is 6.71. The van der Waals surface area contributed by atoms with Crippen LogP contribution in [0, 0.1) is 6.92 Å². The molecule has 0 heterocycles. The average Bonchev–Trinajstić information content (AvgIpc) is 2.69. The Hall–Kier alpha value is -2.05. The highest BCUT2D eigenvalue weighted by Gasteiger charge is 2.29. The standard InChI is InChI=1S/C23H28BrClN2O3/c1-5-21(23(29)26-15(2)3)27(13-17-6-8-18(25)9-7-17)22(28)14-30-19-10-11-20(24)16(4)12-19/h6-12,15,21H,5,13-14H2,1-4H3,(H,26,29)/t21-/m1/s1. The van der Waals surface area contributed by atoms with Crippen molar-refractivity contribution in [2.24, 2.45) is 0 Å². The lowest BCUT2D eigenvalue weighted by Crippen LogP contribution is -2.51. The monoisotopic (exact) mass is 494 g/mol. The van der Waals surface area contributed by atoms with Crippen molar-refractivity contribution >= 4 is 39.3 Å². The van der Waals surface area contributed by atoms with Crippen LogP contribution < -0.4 is 10.1 Å². The number of ether oxygens (including phenoxy) is 1. The minimum absolute atomic E-state index is 0.0129. The zero-order valence-electron chi connectivity index (χ0n) is 17.7. The van der Waals surface area contributed by atoms with Crippen molar-refractivity contribution in [1.29, 1.82) is 0 Å². The van der Waals surface area contributed by atoms with Crippen molar-refractivity contribution < 1.29 is 14.3 Å². The Morgan fingerprint density at radius 2 is 1.83 bits per heavy atom. The van der Waals surface area contributed by atoms with E-state index in [0.717, 1.165) is 15.6 Å². The van der Waals surface area contributed by atoms with Gasteiger partial charge in [0.15, 0.2) is 6.61 Å². The van der Waals surface area contributed by atoms with Gasteiger partial charge in [-0.25, -0.2) is 0 Å². The number of hydrogen-bond donors (Lipinski definition) is 1. The number of aryl methyl sites for hydroxylation is 1. The molecule has 0 aliphatic heterocycles. The highest BCUT2D eigenvalue weighted by Crippen LogP contribution is 2.22. The maximum absolute atomic E-state index is 13.1. The summed E-state index contributed by atoms with van der Waals surface area (Å²) in [5, 5.41) is 3.53. The van der Waals surface area contributed by atoms with Gasteiger partial charge in [-0.3, -0.25) is 9.59 Å². The fraction of sp³-hybridized carbons (Fsp3) is 0.391. The Bertz CT molecular complexity index is 871. The van der Waals surface area contributed by atoms with Gasteiger partial charge in [0.25, 0.3) is 5.91 Å². The van der Waals surface area contributed by atoms with Gasteiger partial charge in [-0.2, -0.15) is 0 Å². The summed E-state index contributed by atoms with van der Waals surface area (Å²) in [5.41, 5.74) is 1.91. The summed E-state index contributed by atoms with van der Waals surface area (Å²) >= 11 is 9.44. The third-order valence-electron chi connectivity index (χ3n) is 4.57. The topological polar surface area (TPSA) is 58.6 Å². The van der Waals surface area contributed by atoms with Crippen LogP contribution in [0.25, 0.3) is 0 Å². The molecule has 0 aliphatic rings. The van der Waals surface area contributed by atoms with Crippen molar-refractivity contribution in [3.05, 3.63) is 63.1 Å². The second-order valence-electron chi connectivity index (χ2n) is 7.44. The lowest BCUT2D eigenvalue weighted by molar-refractivity contribution is -0.143. The van der Waals surface area contributed by atoms with Gasteiger partial charge in [-0.15, -0.1) is 0 Å². The first-order chi connectivity index (χ1) is 14.2. The highest BCUT2D eigenvalue weighted by molar-refractivity contribution is 9.10. The summed E-state index contributed by atoms with van der Waals surface area (Å²) in [4.78, 5) is 27.5. The first kappa shape index (κ1) is 24.2. The summed E-state index contributed by atoms with van der Waals surface area (Å²) in [6.45, 7) is 7.79. The second kappa shape index (κ2) is 11.4. The molecule has 0 saturated heterocycles. The molecular weight excluding hydrogens is 468 g/mol. The molecule has 30 heavy (non-hydrogen) atoms. The van der Waals surface area contributed by atoms with Crippen LogP contribution in [0.4, 0.5) is 0 Å². The van der Waals surface area contributed by atoms with E-state index >= 15 is 0 Å². The van der Waals surface area contributed by atoms with Gasteiger partial charge in [-0.1, -0.05) is 46.6 Å². The molecule has 7 heteroatoms. The van der Waals surface area contributed by atoms with Gasteiger partial charge in [0.05, 0.1) is 0 Å². The Kier molecular flexibility index (Phi) is 9.18. The summed E-state index contributed by atoms with van der Waals surface area (Å²) in [6, 6.07) is 12.2. The first-order valence-corrected chi connectivity index (χ1v) is 11.1. The molecule has 0 aliphatic carbocycles. The van der Waals surface area contributed by atoms with E-state index in [1.54, 1.807) is 23.1 Å². The highest BCUT2D eigenvalue weighted by atomic mass is 79.9. The predicted octanol–water partition coefficient (Wildman–Crippen LogP) is 5.12. The van der Waals surface area contributed by atoms with E-state index in [1.165, 1.54) is 0 Å². The Morgan fingerprint density at radius 1 is 1.17 bits per heavy atom. The molecule has 0 saturated carbocycles. The van der Waals surface area contributed by atoms with E-state index in [2.05, 4.69) is 21.2 Å². The molecule has 2 aromatic rings. The van der Waals surface area contributed by atoms with Crippen LogP contribution in [0.15, 0.2) is 46.9 Å². The number of nitrogens with zero attached hydrogens (tertiary/aromatic N) is 1. The maximum atomic E-state index is 13.1. The minimum Gasteiger partial charge on any atom is -0.484 e. The van der Waals surface area contributed by atoms with Gasteiger partial charge in [0.2, 0.25) is 5.91 Å². The molecule has 5 nitrogen and oxygen atoms in total. The smallest absolute Gasteiger partial charge is 0.261 e. The summed E-state index contributed by atoms with van der Waals surface area (Å²) in [5.74, 6) is 0.181. The Morgan fingerprint density at radius 3 is 2.40 bits per heavy atom. The van der Waals surface area contributed by atoms with E-state index in [0.29, 0.717) is 23.7 Å². The first-order valence-electron chi connectivity index (χ1n) is 9.94. The van der Waals surface area contributed by atoms with E-state index in [-0.39, 0.29) is 24.5 Å². The quantitative estimate of drug-likeness (QED) is 0.525. The third kappa shape index (κ3) is 7.03. The van der Waals surface area contributed by atoms with Crippen molar-refractivity contribution in [2.75, 3.05) is 6.61 Å². The lowest BCUT2D eigenvalue weighted by atomic mass is 10.1. The molecule has 2 rings (SSSR count). The van der Waals surface area contributed by atoms with E-state index in [4.69, 9.17) is 16.3 Å². The summed E-state index contributed by atoms with van der Waals surface area (Å²) in [7, 11) is 0. The number of rotatable bonds is 9. The molecule has 0 bridgehead atoms. The van der Waals surface area contributed by atoms with Crippen LogP contribution in [0.3, 0.4) is 0 Å². The predicted molar refractivity (Wildman–Crippen MR) is 124 cm³/mol. The summed E-state index contributed by atoms with van der Waals surface area (Å²) in [6.07, 6.45) is 0.495. The number of amides is 2. The second-order valence-corrected chi connectivity index (χ2v) is 8.73. The van der Waals surface area contributed by atoms with Gasteiger partial charge in [0.1, 0.15) is 11.8 Å². The van der Waals surface area contributed by atoms with Crippen molar-refractivity contribution in [2.45, 2.75) is 52.7 Å². The van der Waals surface area contributed by atoms with Crippen molar-refractivity contribution in [3.63, 3.8) is 0 Å². The zero-order chi connectivity index (χ0) is 22.3. The average molecular weight is 496 g/mol. The molecule has 0 aromatic heterocycles. The Balaban J connectivity index is 2.21. The fourth-order valence-electron chi connectivity index (χ4n) is 3.02. The Labute approximate surface area is 191 Å². The number of hydrogen-bond acceptors (Lipinski definition) is 3. The SMILES string of the molecule is CC[C@H](C(=O)NC(C)C)N(Cc1ccc(Cl)cc1)C(=O)COc1ccc(Br)c(C)c1. The largest absolute Gasteiger partial charge is 0.484 e. The molecule has 1 N–H and O–H groups in total. The molecule has 0 spiro atoms. The van der Waals surface area contributed by atoms with Crippen LogP contribution in [0.1, 0.15) is 38.3 Å². The van der Waals surface area contributed by atoms with Gasteiger partial charge >= 0.3 is 0 Å². The number of carbonyl (C=O) groups excluding carboxylic acids is 2. The van der Waals surface area contributed by atoms with Crippen LogP contribution in [0.5, 0.6) is 5.75 Å². The van der Waals surface area contributed by atoms with Crippen LogP contribution >= 0.6 is 27.5 Å². The normalized spacial score (nSPS) is 11.8. The van der Waals surface area contributed by atoms with Crippen LogP contribution in [-0.2, 0) is 16.1 Å². The molecule has 162 valence electrons. The minimum atomic E-state index is -0.592. The number of halogens is 2. The van der Waals surface area contributed by atoms with E-state index < -0.39 is 6.04 Å². The molecule has 1 atom stereocenters. The van der Waals surface area contributed by atoms with E-state index in [1.807, 2.05) is 52.0 Å². The van der Waals surface area contributed by atoms with Crippen LogP contribution in [0.2, 0.25) is 5.02 Å². The lowest BCUT2D eigenvalue weighted by Gasteiger charge is -2.31. The van der Waals surface area contributed by atoms with Crippen LogP contribution in [-0.4, -0.2) is 35.4 Å². The molecule has 0 radical (unpaired) electrons. The fourth-order valence-corrected chi connectivity index (χ4v) is 3.39. The molecule has 0 unspecified atom stereocenters. The van der Waals surface area contributed by atoms with Gasteiger partial charge < -0.3 is 15.0 Å². The number of benzene rings is 2. The maximum Gasteiger partial charge on any atom is 0.261 e. The molecular formula is C23H28BrClN2O3. The molecule has 0 fully saturated rings. The zero-order valence-corrected chi connectivity index (χ0v) is 20.1. The van der Waals surface area contributed by atoms with Gasteiger partial charge in [-0.05, 0) is 68.7 Å².